The molecular formula is C16H30N2O3. The van der Waals surface area contributed by atoms with Crippen LogP contribution in [0.25, 0.3) is 0 Å². The summed E-state index contributed by atoms with van der Waals surface area (Å²) < 4.78 is 11.4. The van der Waals surface area contributed by atoms with Gasteiger partial charge in [-0.1, -0.05) is 6.92 Å². The summed E-state index contributed by atoms with van der Waals surface area (Å²) >= 11 is 0. The van der Waals surface area contributed by atoms with E-state index in [2.05, 4.69) is 12.2 Å². The molecule has 2 atom stereocenters. The van der Waals surface area contributed by atoms with Gasteiger partial charge in [-0.15, -0.1) is 0 Å². The molecule has 0 aromatic rings. The number of ether oxygens (including phenoxy) is 2. The number of rotatable bonds is 7. The van der Waals surface area contributed by atoms with Crippen molar-refractivity contribution < 1.29 is 14.3 Å². The Bertz CT molecular complexity index is 317. The van der Waals surface area contributed by atoms with Crippen LogP contribution in [0.4, 0.5) is 0 Å². The van der Waals surface area contributed by atoms with Crippen LogP contribution in [0, 0.1) is 5.92 Å². The first kappa shape index (κ1) is 16.7. The van der Waals surface area contributed by atoms with E-state index < -0.39 is 0 Å². The molecule has 3 N–H and O–H groups in total. The highest BCUT2D eigenvalue weighted by molar-refractivity contribution is 5.79. The minimum Gasteiger partial charge on any atom is -0.378 e. The SMILES string of the molecule is CCC1OCCC1C(=O)NCCCOC1CCC(N)CC1. The molecule has 0 bridgehead atoms. The average Bonchev–Trinajstić information content (AvgIpc) is 2.97. The molecule has 2 rings (SSSR count). The smallest absolute Gasteiger partial charge is 0.225 e. The number of nitrogens with one attached hydrogen (secondary N) is 1. The van der Waals surface area contributed by atoms with Crippen LogP contribution < -0.4 is 11.1 Å². The maximum absolute atomic E-state index is 12.1. The fourth-order valence-corrected chi connectivity index (χ4v) is 3.27. The van der Waals surface area contributed by atoms with Crippen molar-refractivity contribution in [3.05, 3.63) is 0 Å². The van der Waals surface area contributed by atoms with Crippen molar-refractivity contribution in [3.8, 4) is 0 Å². The first-order chi connectivity index (χ1) is 10.2. The lowest BCUT2D eigenvalue weighted by Crippen LogP contribution is -2.36. The van der Waals surface area contributed by atoms with Crippen molar-refractivity contribution >= 4 is 5.91 Å². The zero-order chi connectivity index (χ0) is 15.1. The first-order valence-electron chi connectivity index (χ1n) is 8.47. The van der Waals surface area contributed by atoms with E-state index in [4.69, 9.17) is 15.2 Å². The zero-order valence-corrected chi connectivity index (χ0v) is 13.2. The van der Waals surface area contributed by atoms with Gasteiger partial charge in [-0.2, -0.15) is 0 Å². The third-order valence-electron chi connectivity index (χ3n) is 4.64. The topological polar surface area (TPSA) is 73.6 Å². The first-order valence-corrected chi connectivity index (χ1v) is 8.47. The summed E-state index contributed by atoms with van der Waals surface area (Å²) in [6, 6.07) is 0.365. The van der Waals surface area contributed by atoms with Gasteiger partial charge in [0, 0.05) is 25.8 Å². The fourth-order valence-electron chi connectivity index (χ4n) is 3.27. The number of carbonyl (C=O) groups excluding carboxylic acids is 1. The average molecular weight is 298 g/mol. The van der Waals surface area contributed by atoms with E-state index >= 15 is 0 Å². The van der Waals surface area contributed by atoms with Gasteiger partial charge < -0.3 is 20.5 Å². The Kier molecular flexibility index (Phi) is 6.93. The highest BCUT2D eigenvalue weighted by Gasteiger charge is 2.32. The van der Waals surface area contributed by atoms with Crippen molar-refractivity contribution in [3.63, 3.8) is 0 Å². The molecule has 0 aromatic carbocycles. The van der Waals surface area contributed by atoms with E-state index in [1.165, 1.54) is 0 Å². The van der Waals surface area contributed by atoms with Crippen molar-refractivity contribution in [1.82, 2.24) is 5.32 Å². The van der Waals surface area contributed by atoms with Crippen molar-refractivity contribution in [1.29, 1.82) is 0 Å². The predicted molar refractivity (Wildman–Crippen MR) is 81.9 cm³/mol. The quantitative estimate of drug-likeness (QED) is 0.700. The molecule has 0 radical (unpaired) electrons. The molecule has 1 aliphatic carbocycles. The highest BCUT2D eigenvalue weighted by Crippen LogP contribution is 2.23. The highest BCUT2D eigenvalue weighted by atomic mass is 16.5. The van der Waals surface area contributed by atoms with E-state index in [9.17, 15) is 4.79 Å². The zero-order valence-electron chi connectivity index (χ0n) is 13.2. The van der Waals surface area contributed by atoms with Gasteiger partial charge in [-0.3, -0.25) is 4.79 Å². The van der Waals surface area contributed by atoms with E-state index in [0.29, 0.717) is 25.3 Å². The van der Waals surface area contributed by atoms with Crippen molar-refractivity contribution in [2.75, 3.05) is 19.8 Å². The Morgan fingerprint density at radius 2 is 2.05 bits per heavy atom. The van der Waals surface area contributed by atoms with Gasteiger partial charge >= 0.3 is 0 Å². The molecule has 1 saturated heterocycles. The standard InChI is InChI=1S/C16H30N2O3/c1-2-15-14(8-11-21-15)16(19)18-9-3-10-20-13-6-4-12(17)5-7-13/h12-15H,2-11,17H2,1H3,(H,18,19). The van der Waals surface area contributed by atoms with Gasteiger partial charge in [0.2, 0.25) is 5.91 Å². The molecular weight excluding hydrogens is 268 g/mol. The number of carbonyl (C=O) groups is 1. The van der Waals surface area contributed by atoms with Crippen LogP contribution in [0.15, 0.2) is 0 Å². The normalized spacial score (nSPS) is 33.0. The second-order valence-electron chi connectivity index (χ2n) is 6.26. The maximum atomic E-state index is 12.1. The lowest BCUT2D eigenvalue weighted by atomic mass is 9.94. The van der Waals surface area contributed by atoms with Gasteiger partial charge in [0.15, 0.2) is 0 Å². The molecule has 2 unspecified atom stereocenters. The summed E-state index contributed by atoms with van der Waals surface area (Å²) in [7, 11) is 0. The number of hydrogen-bond donors (Lipinski definition) is 2. The molecule has 0 aromatic heterocycles. The largest absolute Gasteiger partial charge is 0.378 e. The molecule has 5 heteroatoms. The molecule has 1 amide bonds. The summed E-state index contributed by atoms with van der Waals surface area (Å²) in [5.74, 6) is 0.179. The third-order valence-corrected chi connectivity index (χ3v) is 4.64. The van der Waals surface area contributed by atoms with Crippen LogP contribution >= 0.6 is 0 Å². The Labute approximate surface area is 127 Å². The van der Waals surface area contributed by atoms with E-state index in [0.717, 1.165) is 51.6 Å². The summed E-state index contributed by atoms with van der Waals surface area (Å²) in [5, 5.41) is 3.01. The Balaban J connectivity index is 1.52. The van der Waals surface area contributed by atoms with E-state index in [-0.39, 0.29) is 17.9 Å². The summed E-state index contributed by atoms with van der Waals surface area (Å²) in [4.78, 5) is 12.1. The molecule has 21 heavy (non-hydrogen) atoms. The molecule has 5 nitrogen and oxygen atoms in total. The van der Waals surface area contributed by atoms with Gasteiger partial charge in [0.05, 0.1) is 18.1 Å². The second-order valence-corrected chi connectivity index (χ2v) is 6.26. The monoisotopic (exact) mass is 298 g/mol. The number of amides is 1. The molecule has 1 heterocycles. The molecule has 122 valence electrons. The van der Waals surface area contributed by atoms with Gasteiger partial charge in [0.25, 0.3) is 0 Å². The number of nitrogens with two attached hydrogens (primary N) is 1. The molecule has 1 aliphatic heterocycles. The fraction of sp³-hybridized carbons (Fsp3) is 0.938. The lowest BCUT2D eigenvalue weighted by Gasteiger charge is -2.26. The van der Waals surface area contributed by atoms with E-state index in [1.54, 1.807) is 0 Å². The predicted octanol–water partition coefficient (Wildman–Crippen LogP) is 1.59. The van der Waals surface area contributed by atoms with E-state index in [1.807, 2.05) is 0 Å². The molecule has 2 aliphatic rings. The van der Waals surface area contributed by atoms with Crippen molar-refractivity contribution in [2.24, 2.45) is 11.7 Å². The van der Waals surface area contributed by atoms with Gasteiger partial charge in [-0.25, -0.2) is 0 Å². The van der Waals surface area contributed by atoms with Crippen LogP contribution in [0.5, 0.6) is 0 Å². The molecule has 1 saturated carbocycles. The molecule has 2 fully saturated rings. The maximum Gasteiger partial charge on any atom is 0.225 e. The second kappa shape index (κ2) is 8.71. The minimum atomic E-state index is 0.0377. The Hall–Kier alpha value is -0.650. The van der Waals surface area contributed by atoms with Crippen LogP contribution in [0.3, 0.4) is 0 Å². The Morgan fingerprint density at radius 1 is 1.29 bits per heavy atom. The van der Waals surface area contributed by atoms with Crippen LogP contribution in [0.1, 0.15) is 51.9 Å². The molecule has 0 spiro atoms. The summed E-state index contributed by atoms with van der Waals surface area (Å²) in [6.45, 7) is 4.19. The lowest BCUT2D eigenvalue weighted by molar-refractivity contribution is -0.126. The number of hydrogen-bond acceptors (Lipinski definition) is 4. The van der Waals surface area contributed by atoms with Gasteiger partial charge in [-0.05, 0) is 44.9 Å². The minimum absolute atomic E-state index is 0.0377. The Morgan fingerprint density at radius 3 is 2.76 bits per heavy atom. The summed E-state index contributed by atoms with van der Waals surface area (Å²) in [5.41, 5.74) is 5.88. The third kappa shape index (κ3) is 5.24. The van der Waals surface area contributed by atoms with Crippen LogP contribution in [-0.2, 0) is 14.3 Å². The van der Waals surface area contributed by atoms with Crippen molar-refractivity contribution in [2.45, 2.75) is 70.1 Å². The van der Waals surface area contributed by atoms with Crippen LogP contribution in [0.2, 0.25) is 0 Å². The summed E-state index contributed by atoms with van der Waals surface area (Å²) in [6.07, 6.45) is 7.40. The van der Waals surface area contributed by atoms with Gasteiger partial charge in [0.1, 0.15) is 0 Å². The van der Waals surface area contributed by atoms with Crippen LogP contribution in [-0.4, -0.2) is 43.9 Å².